The van der Waals surface area contributed by atoms with E-state index in [0.29, 0.717) is 19.3 Å². The highest BCUT2D eigenvalue weighted by molar-refractivity contribution is 9.10. The van der Waals surface area contributed by atoms with E-state index in [1.165, 1.54) is 5.69 Å². The van der Waals surface area contributed by atoms with E-state index >= 15 is 0 Å². The van der Waals surface area contributed by atoms with Gasteiger partial charge in [-0.15, -0.1) is 0 Å². The number of nitrogens with one attached hydrogen (secondary N) is 1. The van der Waals surface area contributed by atoms with Gasteiger partial charge in [-0.1, -0.05) is 0 Å². The highest BCUT2D eigenvalue weighted by Crippen LogP contribution is 2.23. The molecule has 1 aliphatic heterocycles. The van der Waals surface area contributed by atoms with Crippen LogP contribution in [0, 0.1) is 6.92 Å². The van der Waals surface area contributed by atoms with Gasteiger partial charge in [0.05, 0.1) is 29.1 Å². The average Bonchev–Trinajstić information content (AvgIpc) is 3.01. The SMILES string of the molecule is CCn1nc(C)c(Br)c1CC(CC1OCCO1)NC. The van der Waals surface area contributed by atoms with Crippen LogP contribution in [0.2, 0.25) is 0 Å². The summed E-state index contributed by atoms with van der Waals surface area (Å²) in [4.78, 5) is 0. The monoisotopic (exact) mass is 331 g/mol. The van der Waals surface area contributed by atoms with Crippen LogP contribution in [0.3, 0.4) is 0 Å². The highest BCUT2D eigenvalue weighted by atomic mass is 79.9. The lowest BCUT2D eigenvalue weighted by Gasteiger charge is -2.20. The van der Waals surface area contributed by atoms with Gasteiger partial charge in [0, 0.05) is 25.4 Å². The Labute approximate surface area is 122 Å². The number of likely N-dealkylation sites (N-methyl/N-ethyl adjacent to an activating group) is 1. The number of rotatable bonds is 6. The predicted octanol–water partition coefficient (Wildman–Crippen LogP) is 1.87. The van der Waals surface area contributed by atoms with Gasteiger partial charge in [0.25, 0.3) is 0 Å². The molecule has 1 saturated heterocycles. The summed E-state index contributed by atoms with van der Waals surface area (Å²) in [5, 5.41) is 7.87. The fourth-order valence-electron chi connectivity index (χ4n) is 2.38. The van der Waals surface area contributed by atoms with Crippen molar-refractivity contribution in [3.8, 4) is 0 Å². The minimum atomic E-state index is -0.0738. The summed E-state index contributed by atoms with van der Waals surface area (Å²) in [7, 11) is 1.98. The maximum atomic E-state index is 5.52. The molecule has 0 aromatic carbocycles. The van der Waals surface area contributed by atoms with E-state index in [1.807, 2.05) is 14.0 Å². The van der Waals surface area contributed by atoms with Gasteiger partial charge < -0.3 is 14.8 Å². The Bertz CT molecular complexity index is 416. The summed E-state index contributed by atoms with van der Waals surface area (Å²) in [6, 6.07) is 0.320. The van der Waals surface area contributed by atoms with E-state index in [9.17, 15) is 0 Å². The maximum Gasteiger partial charge on any atom is 0.159 e. The molecule has 6 heteroatoms. The standard InChI is InChI=1S/C13H22BrN3O2/c1-4-17-11(13(14)9(2)16-17)7-10(15-3)8-12-18-5-6-19-12/h10,12,15H,4-8H2,1-3H3. The molecule has 2 heterocycles. The molecular formula is C13H22BrN3O2. The number of ether oxygens (including phenoxy) is 2. The molecule has 0 aliphatic carbocycles. The van der Waals surface area contributed by atoms with Crippen molar-refractivity contribution >= 4 is 15.9 Å². The zero-order valence-electron chi connectivity index (χ0n) is 11.8. The Morgan fingerprint density at radius 2 is 2.16 bits per heavy atom. The van der Waals surface area contributed by atoms with Gasteiger partial charge in [-0.05, 0) is 36.8 Å². The normalized spacial score (nSPS) is 18.1. The average molecular weight is 332 g/mol. The zero-order valence-corrected chi connectivity index (χ0v) is 13.4. The number of hydrogen-bond acceptors (Lipinski definition) is 4. The zero-order chi connectivity index (χ0) is 13.8. The molecular weight excluding hydrogens is 310 g/mol. The number of aryl methyl sites for hydroxylation is 2. The molecule has 0 bridgehead atoms. The van der Waals surface area contributed by atoms with Crippen molar-refractivity contribution in [2.75, 3.05) is 20.3 Å². The number of hydrogen-bond donors (Lipinski definition) is 1. The molecule has 1 fully saturated rings. The second-order valence-corrected chi connectivity index (χ2v) is 5.55. The lowest BCUT2D eigenvalue weighted by Crippen LogP contribution is -2.33. The Kier molecular flexibility index (Phi) is 5.38. The second kappa shape index (κ2) is 6.83. The van der Waals surface area contributed by atoms with Gasteiger partial charge in [0.1, 0.15) is 0 Å². The lowest BCUT2D eigenvalue weighted by molar-refractivity contribution is -0.0523. The van der Waals surface area contributed by atoms with Gasteiger partial charge >= 0.3 is 0 Å². The fraction of sp³-hybridized carbons (Fsp3) is 0.769. The van der Waals surface area contributed by atoms with Gasteiger partial charge in [0.15, 0.2) is 6.29 Å². The van der Waals surface area contributed by atoms with Gasteiger partial charge in [0.2, 0.25) is 0 Å². The third-order valence-corrected chi connectivity index (χ3v) is 4.50. The fourth-order valence-corrected chi connectivity index (χ4v) is 2.82. The molecule has 1 aromatic heterocycles. The molecule has 1 aliphatic rings. The van der Waals surface area contributed by atoms with Crippen molar-refractivity contribution in [3.05, 3.63) is 15.9 Å². The van der Waals surface area contributed by atoms with E-state index in [2.05, 4.69) is 38.0 Å². The first kappa shape index (κ1) is 15.0. The molecule has 108 valence electrons. The van der Waals surface area contributed by atoms with E-state index in [4.69, 9.17) is 9.47 Å². The molecule has 2 rings (SSSR count). The summed E-state index contributed by atoms with van der Waals surface area (Å²) in [6.45, 7) is 6.43. The van der Waals surface area contributed by atoms with Crippen molar-refractivity contribution < 1.29 is 9.47 Å². The Balaban J connectivity index is 2.04. The summed E-state index contributed by atoms with van der Waals surface area (Å²) in [5.74, 6) is 0. The number of nitrogens with zero attached hydrogens (tertiary/aromatic N) is 2. The first-order valence-electron chi connectivity index (χ1n) is 6.78. The second-order valence-electron chi connectivity index (χ2n) is 4.76. The molecule has 0 radical (unpaired) electrons. The number of aromatic nitrogens is 2. The van der Waals surface area contributed by atoms with Crippen LogP contribution < -0.4 is 5.32 Å². The van der Waals surface area contributed by atoms with E-state index in [1.54, 1.807) is 0 Å². The van der Waals surface area contributed by atoms with E-state index in [0.717, 1.165) is 29.6 Å². The van der Waals surface area contributed by atoms with E-state index in [-0.39, 0.29) is 6.29 Å². The summed E-state index contributed by atoms with van der Waals surface area (Å²) < 4.78 is 14.2. The summed E-state index contributed by atoms with van der Waals surface area (Å²) in [6.07, 6.45) is 1.70. The van der Waals surface area contributed by atoms with Crippen molar-refractivity contribution in [1.29, 1.82) is 0 Å². The third-order valence-electron chi connectivity index (χ3n) is 3.47. The molecule has 1 N–H and O–H groups in total. The molecule has 19 heavy (non-hydrogen) atoms. The molecule has 1 atom stereocenters. The largest absolute Gasteiger partial charge is 0.350 e. The number of halogens is 1. The topological polar surface area (TPSA) is 48.3 Å². The van der Waals surface area contributed by atoms with Crippen molar-refractivity contribution in [3.63, 3.8) is 0 Å². The van der Waals surface area contributed by atoms with Gasteiger partial charge in [-0.25, -0.2) is 0 Å². The first-order valence-corrected chi connectivity index (χ1v) is 7.57. The predicted molar refractivity (Wildman–Crippen MR) is 77.2 cm³/mol. The Hall–Kier alpha value is -0.430. The molecule has 1 unspecified atom stereocenters. The molecule has 5 nitrogen and oxygen atoms in total. The third kappa shape index (κ3) is 3.56. The first-order chi connectivity index (χ1) is 9.15. The Morgan fingerprint density at radius 3 is 2.74 bits per heavy atom. The van der Waals surface area contributed by atoms with Crippen LogP contribution in [0.1, 0.15) is 24.7 Å². The minimum absolute atomic E-state index is 0.0738. The highest BCUT2D eigenvalue weighted by Gasteiger charge is 2.23. The van der Waals surface area contributed by atoms with Crippen LogP contribution in [0.25, 0.3) is 0 Å². The molecule has 0 saturated carbocycles. The van der Waals surface area contributed by atoms with Crippen LogP contribution in [0.4, 0.5) is 0 Å². The van der Waals surface area contributed by atoms with E-state index < -0.39 is 0 Å². The minimum Gasteiger partial charge on any atom is -0.350 e. The van der Waals surface area contributed by atoms with Crippen LogP contribution in [0.15, 0.2) is 4.47 Å². The Morgan fingerprint density at radius 1 is 1.47 bits per heavy atom. The summed E-state index contributed by atoms with van der Waals surface area (Å²) in [5.41, 5.74) is 2.28. The van der Waals surface area contributed by atoms with Gasteiger partial charge in [-0.3, -0.25) is 4.68 Å². The van der Waals surface area contributed by atoms with Crippen LogP contribution in [0.5, 0.6) is 0 Å². The van der Waals surface area contributed by atoms with Crippen LogP contribution >= 0.6 is 15.9 Å². The van der Waals surface area contributed by atoms with Crippen LogP contribution in [-0.2, 0) is 22.4 Å². The van der Waals surface area contributed by atoms with Crippen LogP contribution in [-0.4, -0.2) is 42.4 Å². The molecule has 0 spiro atoms. The van der Waals surface area contributed by atoms with Crippen molar-refractivity contribution in [1.82, 2.24) is 15.1 Å². The maximum absolute atomic E-state index is 5.52. The molecule has 1 aromatic rings. The van der Waals surface area contributed by atoms with Crippen molar-refractivity contribution in [2.24, 2.45) is 0 Å². The van der Waals surface area contributed by atoms with Crippen molar-refractivity contribution in [2.45, 2.75) is 45.6 Å². The molecule has 0 amide bonds. The van der Waals surface area contributed by atoms with Gasteiger partial charge in [-0.2, -0.15) is 5.10 Å². The smallest absolute Gasteiger partial charge is 0.159 e. The summed E-state index contributed by atoms with van der Waals surface area (Å²) >= 11 is 3.64. The quantitative estimate of drug-likeness (QED) is 0.864. The lowest BCUT2D eigenvalue weighted by atomic mass is 10.1.